The van der Waals surface area contributed by atoms with Crippen LogP contribution in [0, 0.1) is 0 Å². The lowest BCUT2D eigenvalue weighted by molar-refractivity contribution is -0.122. The van der Waals surface area contributed by atoms with Crippen LogP contribution >= 0.6 is 0 Å². The minimum atomic E-state index is -0.214. The lowest BCUT2D eigenvalue weighted by atomic mass is 10.2. The Kier molecular flexibility index (Phi) is 3.79. The molecule has 0 spiro atoms. The number of nitrogens with one attached hydrogen (secondary N) is 3. The van der Waals surface area contributed by atoms with E-state index in [4.69, 9.17) is 0 Å². The van der Waals surface area contributed by atoms with Crippen molar-refractivity contribution in [2.75, 3.05) is 13.1 Å². The van der Waals surface area contributed by atoms with E-state index in [9.17, 15) is 9.59 Å². The molecule has 0 aliphatic heterocycles. The van der Waals surface area contributed by atoms with Crippen molar-refractivity contribution in [3.05, 3.63) is 34.2 Å². The van der Waals surface area contributed by atoms with Gasteiger partial charge in [-0.2, -0.15) is 0 Å². The predicted octanol–water partition coefficient (Wildman–Crippen LogP) is 0.957. The zero-order valence-electron chi connectivity index (χ0n) is 12.1. The molecule has 6 heteroatoms. The van der Waals surface area contributed by atoms with Crippen LogP contribution < -0.4 is 11.0 Å². The van der Waals surface area contributed by atoms with Crippen LogP contribution in [0.3, 0.4) is 0 Å². The van der Waals surface area contributed by atoms with Crippen molar-refractivity contribution in [1.82, 2.24) is 20.2 Å². The zero-order valence-corrected chi connectivity index (χ0v) is 12.1. The summed E-state index contributed by atoms with van der Waals surface area (Å²) in [6.07, 6.45) is 2.41. The number of hydrogen-bond acceptors (Lipinski definition) is 3. The number of benzene rings is 1. The molecule has 0 radical (unpaired) electrons. The third kappa shape index (κ3) is 3.33. The van der Waals surface area contributed by atoms with E-state index in [-0.39, 0.29) is 11.6 Å². The number of imidazole rings is 1. The van der Waals surface area contributed by atoms with Gasteiger partial charge >= 0.3 is 5.69 Å². The van der Waals surface area contributed by atoms with E-state index < -0.39 is 0 Å². The highest BCUT2D eigenvalue weighted by atomic mass is 16.2. The molecule has 0 bridgehead atoms. The number of hydrogen-bond donors (Lipinski definition) is 3. The van der Waals surface area contributed by atoms with Gasteiger partial charge in [0.2, 0.25) is 5.91 Å². The third-order valence-corrected chi connectivity index (χ3v) is 3.89. The van der Waals surface area contributed by atoms with E-state index in [1.807, 2.05) is 18.2 Å². The SMILES string of the molecule is CCN(CC(=O)NCc1ccc2[nH]c(=O)[nH]c2c1)C1CC1. The Morgan fingerprint density at radius 1 is 1.33 bits per heavy atom. The van der Waals surface area contributed by atoms with E-state index in [1.165, 1.54) is 12.8 Å². The number of amides is 1. The Morgan fingerprint density at radius 2 is 2.10 bits per heavy atom. The topological polar surface area (TPSA) is 81.0 Å². The summed E-state index contributed by atoms with van der Waals surface area (Å²) < 4.78 is 0. The third-order valence-electron chi connectivity index (χ3n) is 3.89. The van der Waals surface area contributed by atoms with Gasteiger partial charge in [0.05, 0.1) is 17.6 Å². The van der Waals surface area contributed by atoms with Gasteiger partial charge in [-0.15, -0.1) is 0 Å². The molecule has 1 amide bonds. The first-order chi connectivity index (χ1) is 10.2. The smallest absolute Gasteiger partial charge is 0.323 e. The molecule has 1 aromatic carbocycles. The van der Waals surface area contributed by atoms with Crippen LogP contribution in [0.15, 0.2) is 23.0 Å². The average molecular weight is 288 g/mol. The number of carbonyl (C=O) groups excluding carboxylic acids is 1. The molecule has 0 saturated heterocycles. The number of likely N-dealkylation sites (N-methyl/N-ethyl adjacent to an activating group) is 1. The van der Waals surface area contributed by atoms with Gasteiger partial charge in [-0.1, -0.05) is 13.0 Å². The number of fused-ring (bicyclic) bond motifs is 1. The number of rotatable bonds is 6. The molecule has 1 saturated carbocycles. The van der Waals surface area contributed by atoms with Crippen LogP contribution in [-0.2, 0) is 11.3 Å². The molecule has 3 N–H and O–H groups in total. The normalized spacial score (nSPS) is 14.8. The van der Waals surface area contributed by atoms with Crippen LogP contribution in [0.25, 0.3) is 11.0 Å². The van der Waals surface area contributed by atoms with E-state index in [1.54, 1.807) is 0 Å². The summed E-state index contributed by atoms with van der Waals surface area (Å²) in [4.78, 5) is 30.8. The van der Waals surface area contributed by atoms with Crippen LogP contribution in [0.5, 0.6) is 0 Å². The van der Waals surface area contributed by atoms with Gasteiger partial charge in [-0.25, -0.2) is 4.79 Å². The van der Waals surface area contributed by atoms with Crippen molar-refractivity contribution in [3.63, 3.8) is 0 Å². The molecule has 1 heterocycles. The molecule has 0 unspecified atom stereocenters. The fourth-order valence-electron chi connectivity index (χ4n) is 2.57. The van der Waals surface area contributed by atoms with E-state index >= 15 is 0 Å². The maximum atomic E-state index is 12.0. The molecule has 1 aromatic heterocycles. The van der Waals surface area contributed by atoms with Crippen LogP contribution in [0.4, 0.5) is 0 Å². The number of nitrogens with zero attached hydrogens (tertiary/aromatic N) is 1. The first-order valence-corrected chi connectivity index (χ1v) is 7.37. The Hall–Kier alpha value is -2.08. The molecular weight excluding hydrogens is 268 g/mol. The molecule has 0 atom stereocenters. The molecule has 1 aliphatic rings. The van der Waals surface area contributed by atoms with Crippen molar-refractivity contribution in [2.24, 2.45) is 0 Å². The summed E-state index contributed by atoms with van der Waals surface area (Å²) in [5, 5.41) is 2.94. The summed E-state index contributed by atoms with van der Waals surface area (Å²) in [7, 11) is 0. The zero-order chi connectivity index (χ0) is 14.8. The lowest BCUT2D eigenvalue weighted by Crippen LogP contribution is -2.38. The second-order valence-electron chi connectivity index (χ2n) is 5.53. The van der Waals surface area contributed by atoms with Gasteiger partial charge in [-0.05, 0) is 37.1 Å². The number of aromatic nitrogens is 2. The highest BCUT2D eigenvalue weighted by Crippen LogP contribution is 2.25. The average Bonchev–Trinajstić information content (AvgIpc) is 3.23. The fourth-order valence-corrected chi connectivity index (χ4v) is 2.57. The monoisotopic (exact) mass is 288 g/mol. The van der Waals surface area contributed by atoms with Gasteiger partial charge in [-0.3, -0.25) is 9.69 Å². The number of aromatic amines is 2. The number of carbonyl (C=O) groups is 1. The minimum absolute atomic E-state index is 0.0476. The predicted molar refractivity (Wildman–Crippen MR) is 81.0 cm³/mol. The lowest BCUT2D eigenvalue weighted by Gasteiger charge is -2.18. The van der Waals surface area contributed by atoms with Gasteiger partial charge < -0.3 is 15.3 Å². The maximum absolute atomic E-state index is 12.0. The first-order valence-electron chi connectivity index (χ1n) is 7.37. The quantitative estimate of drug-likeness (QED) is 0.740. The summed E-state index contributed by atoms with van der Waals surface area (Å²) in [6.45, 7) is 3.94. The van der Waals surface area contributed by atoms with Crippen LogP contribution in [-0.4, -0.2) is 39.9 Å². The fraction of sp³-hybridized carbons (Fsp3) is 0.467. The van der Waals surface area contributed by atoms with Crippen molar-refractivity contribution in [1.29, 1.82) is 0 Å². The van der Waals surface area contributed by atoms with Crippen LogP contribution in [0.1, 0.15) is 25.3 Å². The maximum Gasteiger partial charge on any atom is 0.323 e. The Balaban J connectivity index is 1.57. The van der Waals surface area contributed by atoms with Gasteiger partial charge in [0.15, 0.2) is 0 Å². The van der Waals surface area contributed by atoms with Crippen molar-refractivity contribution in [2.45, 2.75) is 32.4 Å². The molecule has 3 rings (SSSR count). The Morgan fingerprint density at radius 3 is 2.81 bits per heavy atom. The van der Waals surface area contributed by atoms with Gasteiger partial charge in [0, 0.05) is 12.6 Å². The van der Waals surface area contributed by atoms with Gasteiger partial charge in [0.1, 0.15) is 0 Å². The van der Waals surface area contributed by atoms with E-state index in [0.717, 1.165) is 23.1 Å². The Bertz CT molecular complexity index is 699. The molecule has 1 fully saturated rings. The molecule has 6 nitrogen and oxygen atoms in total. The Labute approximate surface area is 122 Å². The highest BCUT2D eigenvalue weighted by Gasteiger charge is 2.28. The van der Waals surface area contributed by atoms with Crippen molar-refractivity contribution in [3.8, 4) is 0 Å². The molecule has 2 aromatic rings. The molecule has 21 heavy (non-hydrogen) atoms. The van der Waals surface area contributed by atoms with Crippen LogP contribution in [0.2, 0.25) is 0 Å². The summed E-state index contributed by atoms with van der Waals surface area (Å²) in [5.41, 5.74) is 2.30. The molecular formula is C15H20N4O2. The second kappa shape index (κ2) is 5.73. The summed E-state index contributed by atoms with van der Waals surface area (Å²) in [5.74, 6) is 0.0476. The first kappa shape index (κ1) is 13.9. The summed E-state index contributed by atoms with van der Waals surface area (Å²) >= 11 is 0. The second-order valence-corrected chi connectivity index (χ2v) is 5.53. The van der Waals surface area contributed by atoms with Crippen molar-refractivity contribution < 1.29 is 4.79 Å². The summed E-state index contributed by atoms with van der Waals surface area (Å²) in [6, 6.07) is 6.23. The van der Waals surface area contributed by atoms with Gasteiger partial charge in [0.25, 0.3) is 0 Å². The van der Waals surface area contributed by atoms with E-state index in [2.05, 4.69) is 27.1 Å². The van der Waals surface area contributed by atoms with Crippen molar-refractivity contribution >= 4 is 16.9 Å². The number of H-pyrrole nitrogens is 2. The standard InChI is InChI=1S/C15H20N4O2/c1-2-19(11-4-5-11)9-14(20)16-8-10-3-6-12-13(7-10)18-15(21)17-12/h3,6-7,11H,2,4-5,8-9H2,1H3,(H,16,20)(H2,17,18,21). The molecule has 1 aliphatic carbocycles. The molecule has 112 valence electrons. The van der Waals surface area contributed by atoms with E-state index in [0.29, 0.717) is 19.1 Å². The highest BCUT2D eigenvalue weighted by molar-refractivity contribution is 5.78. The largest absolute Gasteiger partial charge is 0.351 e. The minimum Gasteiger partial charge on any atom is -0.351 e.